The van der Waals surface area contributed by atoms with E-state index in [2.05, 4.69) is 9.97 Å². The largest absolute Gasteiger partial charge is 0.475 e. The van der Waals surface area contributed by atoms with Crippen molar-refractivity contribution in [2.75, 3.05) is 13.2 Å². The van der Waals surface area contributed by atoms with E-state index in [1.165, 1.54) is 6.42 Å². The maximum absolute atomic E-state index is 5.95. The first-order valence-corrected chi connectivity index (χ1v) is 6.82. The highest BCUT2D eigenvalue weighted by molar-refractivity contribution is 6.29. The lowest BCUT2D eigenvalue weighted by atomic mass is 10.1. The molecule has 0 saturated carbocycles. The van der Waals surface area contributed by atoms with E-state index in [4.69, 9.17) is 21.1 Å². The number of hydrogen-bond donors (Lipinski definition) is 0. The number of rotatable bonds is 4. The SMILES string of the molecule is CC(C)c1nc(Cl)cc(OCC2CCCCO2)n1. The van der Waals surface area contributed by atoms with Crippen LogP contribution in [0.5, 0.6) is 5.88 Å². The molecule has 1 saturated heterocycles. The maximum Gasteiger partial charge on any atom is 0.218 e. The molecule has 0 aliphatic carbocycles. The van der Waals surface area contributed by atoms with Gasteiger partial charge in [0.05, 0.1) is 6.10 Å². The molecule has 5 heteroatoms. The van der Waals surface area contributed by atoms with Gasteiger partial charge in [-0.15, -0.1) is 0 Å². The van der Waals surface area contributed by atoms with Gasteiger partial charge >= 0.3 is 0 Å². The van der Waals surface area contributed by atoms with Crippen LogP contribution in [0, 0.1) is 0 Å². The van der Waals surface area contributed by atoms with Gasteiger partial charge in [-0.2, -0.15) is 4.98 Å². The highest BCUT2D eigenvalue weighted by atomic mass is 35.5. The predicted octanol–water partition coefficient (Wildman–Crippen LogP) is 3.20. The summed E-state index contributed by atoms with van der Waals surface area (Å²) in [6.07, 6.45) is 3.58. The monoisotopic (exact) mass is 270 g/mol. The van der Waals surface area contributed by atoms with Crippen LogP contribution < -0.4 is 4.74 Å². The molecule has 0 bridgehead atoms. The van der Waals surface area contributed by atoms with E-state index < -0.39 is 0 Å². The van der Waals surface area contributed by atoms with Crippen molar-refractivity contribution in [1.82, 2.24) is 9.97 Å². The quantitative estimate of drug-likeness (QED) is 0.788. The number of halogens is 1. The van der Waals surface area contributed by atoms with Crippen LogP contribution in [0.1, 0.15) is 44.9 Å². The van der Waals surface area contributed by atoms with Crippen LogP contribution >= 0.6 is 11.6 Å². The Morgan fingerprint density at radius 3 is 2.94 bits per heavy atom. The van der Waals surface area contributed by atoms with Crippen molar-refractivity contribution in [3.05, 3.63) is 17.0 Å². The van der Waals surface area contributed by atoms with Crippen molar-refractivity contribution in [2.45, 2.75) is 45.1 Å². The Morgan fingerprint density at radius 1 is 1.44 bits per heavy atom. The van der Waals surface area contributed by atoms with Gasteiger partial charge in [-0.3, -0.25) is 0 Å². The van der Waals surface area contributed by atoms with Gasteiger partial charge in [-0.1, -0.05) is 25.4 Å². The first-order valence-electron chi connectivity index (χ1n) is 6.44. The zero-order valence-electron chi connectivity index (χ0n) is 10.9. The molecule has 1 fully saturated rings. The second-order valence-corrected chi connectivity index (χ2v) is 5.23. The van der Waals surface area contributed by atoms with Crippen LogP contribution in [-0.4, -0.2) is 29.3 Å². The van der Waals surface area contributed by atoms with Crippen molar-refractivity contribution in [3.8, 4) is 5.88 Å². The Morgan fingerprint density at radius 2 is 2.28 bits per heavy atom. The van der Waals surface area contributed by atoms with Crippen molar-refractivity contribution in [3.63, 3.8) is 0 Å². The summed E-state index contributed by atoms with van der Waals surface area (Å²) in [5, 5.41) is 0.424. The Bertz CT molecular complexity index is 393. The molecule has 18 heavy (non-hydrogen) atoms. The minimum absolute atomic E-state index is 0.176. The number of nitrogens with zero attached hydrogens (tertiary/aromatic N) is 2. The molecular weight excluding hydrogens is 252 g/mol. The second kappa shape index (κ2) is 6.34. The third-order valence-electron chi connectivity index (χ3n) is 2.90. The maximum atomic E-state index is 5.95. The van der Waals surface area contributed by atoms with E-state index in [-0.39, 0.29) is 12.0 Å². The molecule has 1 unspecified atom stereocenters. The first-order chi connectivity index (χ1) is 8.65. The van der Waals surface area contributed by atoms with Gasteiger partial charge in [-0.25, -0.2) is 4.98 Å². The standard InChI is InChI=1S/C13H19ClN2O2/c1-9(2)13-15-11(14)7-12(16-13)18-8-10-5-3-4-6-17-10/h7,9-10H,3-6,8H2,1-2H3. The fourth-order valence-electron chi connectivity index (χ4n) is 1.86. The molecule has 2 heterocycles. The average Bonchev–Trinajstić information content (AvgIpc) is 2.37. The molecule has 0 amide bonds. The molecular formula is C13H19ClN2O2. The molecule has 0 spiro atoms. The minimum Gasteiger partial charge on any atom is -0.475 e. The van der Waals surface area contributed by atoms with Gasteiger partial charge < -0.3 is 9.47 Å². The van der Waals surface area contributed by atoms with Crippen molar-refractivity contribution >= 4 is 11.6 Å². The number of ether oxygens (including phenoxy) is 2. The van der Waals surface area contributed by atoms with Gasteiger partial charge in [-0.05, 0) is 19.3 Å². The topological polar surface area (TPSA) is 44.2 Å². The normalized spacial score (nSPS) is 20.1. The summed E-state index contributed by atoms with van der Waals surface area (Å²) < 4.78 is 11.3. The zero-order chi connectivity index (χ0) is 13.0. The molecule has 100 valence electrons. The third-order valence-corrected chi connectivity index (χ3v) is 3.09. The summed E-state index contributed by atoms with van der Waals surface area (Å²) in [6, 6.07) is 1.65. The van der Waals surface area contributed by atoms with E-state index in [9.17, 15) is 0 Å². The van der Waals surface area contributed by atoms with Crippen molar-refractivity contribution in [2.24, 2.45) is 0 Å². The molecule has 0 N–H and O–H groups in total. The third kappa shape index (κ3) is 3.82. The molecule has 1 aliphatic rings. The Balaban J connectivity index is 1.95. The van der Waals surface area contributed by atoms with Crippen LogP contribution in [-0.2, 0) is 4.74 Å². The Hall–Kier alpha value is -0.870. The summed E-state index contributed by atoms with van der Waals surface area (Å²) in [4.78, 5) is 8.52. The lowest BCUT2D eigenvalue weighted by Crippen LogP contribution is -2.26. The van der Waals surface area contributed by atoms with Crippen LogP contribution in [0.15, 0.2) is 6.07 Å². The van der Waals surface area contributed by atoms with Crippen LogP contribution in [0.2, 0.25) is 5.15 Å². The van der Waals surface area contributed by atoms with Gasteiger partial charge in [0.15, 0.2) is 0 Å². The van der Waals surface area contributed by atoms with E-state index in [0.717, 1.165) is 19.4 Å². The predicted molar refractivity (Wildman–Crippen MR) is 70.2 cm³/mol. The first kappa shape index (κ1) is 13.6. The van der Waals surface area contributed by atoms with Gasteiger partial charge in [0, 0.05) is 18.6 Å². The highest BCUT2D eigenvalue weighted by Crippen LogP contribution is 2.20. The van der Waals surface area contributed by atoms with Gasteiger partial charge in [0.1, 0.15) is 17.6 Å². The van der Waals surface area contributed by atoms with E-state index in [1.54, 1.807) is 6.07 Å². The van der Waals surface area contributed by atoms with Gasteiger partial charge in [0.25, 0.3) is 0 Å². The van der Waals surface area contributed by atoms with Crippen LogP contribution in [0.25, 0.3) is 0 Å². The summed E-state index contributed by atoms with van der Waals surface area (Å²) in [5.74, 6) is 1.48. The van der Waals surface area contributed by atoms with Crippen molar-refractivity contribution in [1.29, 1.82) is 0 Å². The zero-order valence-corrected chi connectivity index (χ0v) is 11.6. The number of hydrogen-bond acceptors (Lipinski definition) is 4. The fourth-order valence-corrected chi connectivity index (χ4v) is 2.04. The van der Waals surface area contributed by atoms with E-state index >= 15 is 0 Å². The molecule has 2 rings (SSSR count). The lowest BCUT2D eigenvalue weighted by Gasteiger charge is -2.22. The van der Waals surface area contributed by atoms with Gasteiger partial charge in [0.2, 0.25) is 5.88 Å². The van der Waals surface area contributed by atoms with E-state index in [0.29, 0.717) is 23.5 Å². The molecule has 0 aromatic carbocycles. The molecule has 1 aromatic rings. The van der Waals surface area contributed by atoms with E-state index in [1.807, 2.05) is 13.8 Å². The highest BCUT2D eigenvalue weighted by Gasteiger charge is 2.15. The van der Waals surface area contributed by atoms with Crippen LogP contribution in [0.3, 0.4) is 0 Å². The summed E-state index contributed by atoms with van der Waals surface area (Å²) >= 11 is 5.95. The molecule has 1 aromatic heterocycles. The second-order valence-electron chi connectivity index (χ2n) is 4.84. The smallest absolute Gasteiger partial charge is 0.218 e. The van der Waals surface area contributed by atoms with Crippen LogP contribution in [0.4, 0.5) is 0 Å². The number of aromatic nitrogens is 2. The molecule has 1 atom stereocenters. The summed E-state index contributed by atoms with van der Waals surface area (Å²) in [5.41, 5.74) is 0. The van der Waals surface area contributed by atoms with Crippen molar-refractivity contribution < 1.29 is 9.47 Å². The average molecular weight is 271 g/mol. The Labute approximate surface area is 113 Å². The minimum atomic E-state index is 0.176. The Kier molecular flexibility index (Phi) is 4.78. The molecule has 1 aliphatic heterocycles. The molecule has 0 radical (unpaired) electrons. The molecule has 4 nitrogen and oxygen atoms in total. The fraction of sp³-hybridized carbons (Fsp3) is 0.692. The lowest BCUT2D eigenvalue weighted by molar-refractivity contribution is -0.0120. The summed E-state index contributed by atoms with van der Waals surface area (Å²) in [7, 11) is 0. The summed E-state index contributed by atoms with van der Waals surface area (Å²) in [6.45, 7) is 5.42.